The van der Waals surface area contributed by atoms with Gasteiger partial charge in [-0.3, -0.25) is 4.79 Å². The lowest BCUT2D eigenvalue weighted by Gasteiger charge is -2.37. The van der Waals surface area contributed by atoms with Crippen molar-refractivity contribution < 1.29 is 14.3 Å². The molecule has 2 N–H and O–H groups in total. The van der Waals surface area contributed by atoms with E-state index >= 15 is 0 Å². The number of benzene rings is 2. The maximum absolute atomic E-state index is 13.0. The molecule has 0 radical (unpaired) electrons. The average Bonchev–Trinajstić information content (AvgIpc) is 2.71. The predicted molar refractivity (Wildman–Crippen MR) is 113 cm³/mol. The summed E-state index contributed by atoms with van der Waals surface area (Å²) in [6.45, 7) is 4.50. The summed E-state index contributed by atoms with van der Waals surface area (Å²) in [6, 6.07) is 19.6. The van der Waals surface area contributed by atoms with E-state index in [-0.39, 0.29) is 22.7 Å². The SMILES string of the molecule is CC1(C)CC(=O)C2=C(C1)OC(N)=C(C#N)C2c1cccc(OCc2ccccc2)c1. The first kappa shape index (κ1) is 19.8. The Morgan fingerprint density at radius 3 is 2.67 bits per heavy atom. The number of carbonyl (C=O) groups excluding carboxylic acids is 1. The Labute approximate surface area is 176 Å². The Hall–Kier alpha value is -3.52. The molecule has 0 fully saturated rings. The van der Waals surface area contributed by atoms with Gasteiger partial charge in [0.15, 0.2) is 5.78 Å². The van der Waals surface area contributed by atoms with Crippen molar-refractivity contribution in [1.82, 2.24) is 0 Å². The van der Waals surface area contributed by atoms with Gasteiger partial charge in [-0.1, -0.05) is 56.3 Å². The Morgan fingerprint density at radius 1 is 1.17 bits per heavy atom. The summed E-state index contributed by atoms with van der Waals surface area (Å²) in [7, 11) is 0. The molecule has 0 spiro atoms. The summed E-state index contributed by atoms with van der Waals surface area (Å²) in [5, 5.41) is 9.76. The second kappa shape index (κ2) is 7.72. The molecule has 0 amide bonds. The van der Waals surface area contributed by atoms with Crippen molar-refractivity contribution in [2.45, 2.75) is 39.2 Å². The van der Waals surface area contributed by atoms with Gasteiger partial charge in [-0.05, 0) is 28.7 Å². The van der Waals surface area contributed by atoms with E-state index in [0.29, 0.717) is 36.5 Å². The number of Topliss-reactive ketones (excluding diaryl/α,β-unsaturated/α-hetero) is 1. The van der Waals surface area contributed by atoms with Gasteiger partial charge in [0.25, 0.3) is 0 Å². The number of allylic oxidation sites excluding steroid dienone is 3. The highest BCUT2D eigenvalue weighted by molar-refractivity contribution is 6.00. The lowest BCUT2D eigenvalue weighted by Crippen LogP contribution is -2.33. The third-order valence-corrected chi connectivity index (χ3v) is 5.52. The average molecular weight is 400 g/mol. The van der Waals surface area contributed by atoms with Crippen molar-refractivity contribution in [2.75, 3.05) is 0 Å². The zero-order chi connectivity index (χ0) is 21.3. The van der Waals surface area contributed by atoms with Gasteiger partial charge < -0.3 is 15.2 Å². The first-order valence-electron chi connectivity index (χ1n) is 9.98. The highest BCUT2D eigenvalue weighted by Gasteiger charge is 2.42. The van der Waals surface area contributed by atoms with Gasteiger partial charge in [0.1, 0.15) is 29.8 Å². The van der Waals surface area contributed by atoms with Crippen LogP contribution in [-0.2, 0) is 16.1 Å². The van der Waals surface area contributed by atoms with Crippen molar-refractivity contribution in [3.8, 4) is 11.8 Å². The van der Waals surface area contributed by atoms with E-state index in [0.717, 1.165) is 11.1 Å². The standard InChI is InChI=1S/C25H24N2O3/c1-25(2)12-20(28)23-21(13-25)30-24(27)19(14-26)22(23)17-9-6-10-18(11-17)29-15-16-7-4-3-5-8-16/h3-11,22H,12-13,15,27H2,1-2H3. The van der Waals surface area contributed by atoms with Crippen molar-refractivity contribution >= 4 is 5.78 Å². The number of nitrogens with zero attached hydrogens (tertiary/aromatic N) is 1. The van der Waals surface area contributed by atoms with Crippen LogP contribution in [0, 0.1) is 16.7 Å². The highest BCUT2D eigenvalue weighted by atomic mass is 16.5. The topological polar surface area (TPSA) is 85.3 Å². The van der Waals surface area contributed by atoms with Crippen molar-refractivity contribution in [3.05, 3.63) is 88.5 Å². The second-order valence-corrected chi connectivity index (χ2v) is 8.55. The summed E-state index contributed by atoms with van der Waals surface area (Å²) in [5.41, 5.74) is 8.55. The van der Waals surface area contributed by atoms with Crippen LogP contribution >= 0.6 is 0 Å². The molecule has 0 aromatic heterocycles. The summed E-state index contributed by atoms with van der Waals surface area (Å²) in [6.07, 6.45) is 1.02. The zero-order valence-corrected chi connectivity index (χ0v) is 17.1. The van der Waals surface area contributed by atoms with E-state index in [2.05, 4.69) is 6.07 Å². The van der Waals surface area contributed by atoms with E-state index < -0.39 is 5.92 Å². The molecule has 1 aliphatic heterocycles. The third-order valence-electron chi connectivity index (χ3n) is 5.52. The van der Waals surface area contributed by atoms with Crippen LogP contribution in [0.4, 0.5) is 0 Å². The quantitative estimate of drug-likeness (QED) is 0.803. The number of ether oxygens (including phenoxy) is 2. The van der Waals surface area contributed by atoms with Gasteiger partial charge in [-0.15, -0.1) is 0 Å². The Kier molecular flexibility index (Phi) is 5.09. The van der Waals surface area contributed by atoms with Crippen LogP contribution in [-0.4, -0.2) is 5.78 Å². The molecule has 1 aliphatic carbocycles. The molecular formula is C25H24N2O3. The Morgan fingerprint density at radius 2 is 1.93 bits per heavy atom. The van der Waals surface area contributed by atoms with Gasteiger partial charge in [0.05, 0.1) is 5.92 Å². The molecule has 1 atom stereocenters. The van der Waals surface area contributed by atoms with E-state index in [1.807, 2.05) is 68.4 Å². The number of nitriles is 1. The molecular weight excluding hydrogens is 376 g/mol. The molecule has 1 unspecified atom stereocenters. The van der Waals surface area contributed by atoms with Gasteiger partial charge >= 0.3 is 0 Å². The molecule has 2 aliphatic rings. The third kappa shape index (κ3) is 3.81. The molecule has 152 valence electrons. The van der Waals surface area contributed by atoms with Crippen LogP contribution in [0.5, 0.6) is 5.75 Å². The maximum atomic E-state index is 13.0. The number of hydrogen-bond donors (Lipinski definition) is 1. The molecule has 0 bridgehead atoms. The van der Waals surface area contributed by atoms with E-state index in [1.54, 1.807) is 0 Å². The summed E-state index contributed by atoms with van der Waals surface area (Å²) in [5.74, 6) is 0.782. The van der Waals surface area contributed by atoms with Crippen LogP contribution in [0.25, 0.3) is 0 Å². The molecule has 0 saturated carbocycles. The van der Waals surface area contributed by atoms with E-state index in [1.165, 1.54) is 0 Å². The fourth-order valence-corrected chi connectivity index (χ4v) is 4.14. The van der Waals surface area contributed by atoms with Crippen LogP contribution in [0.2, 0.25) is 0 Å². The van der Waals surface area contributed by atoms with Crippen molar-refractivity contribution in [1.29, 1.82) is 5.26 Å². The van der Waals surface area contributed by atoms with Crippen LogP contribution < -0.4 is 10.5 Å². The maximum Gasteiger partial charge on any atom is 0.205 e. The molecule has 2 aromatic rings. The molecule has 30 heavy (non-hydrogen) atoms. The first-order chi connectivity index (χ1) is 14.4. The van der Waals surface area contributed by atoms with Gasteiger partial charge in [0, 0.05) is 18.4 Å². The van der Waals surface area contributed by atoms with Crippen LogP contribution in [0.1, 0.15) is 43.7 Å². The summed E-state index contributed by atoms with van der Waals surface area (Å²) in [4.78, 5) is 13.0. The van der Waals surface area contributed by atoms with Gasteiger partial charge in [-0.2, -0.15) is 5.26 Å². The molecule has 5 nitrogen and oxygen atoms in total. The minimum Gasteiger partial charge on any atom is -0.489 e. The molecule has 2 aromatic carbocycles. The molecule has 5 heteroatoms. The van der Waals surface area contributed by atoms with Crippen LogP contribution in [0.15, 0.2) is 77.4 Å². The predicted octanol–water partition coefficient (Wildman–Crippen LogP) is 4.72. The zero-order valence-electron chi connectivity index (χ0n) is 17.1. The lowest BCUT2D eigenvalue weighted by atomic mass is 9.70. The van der Waals surface area contributed by atoms with Gasteiger partial charge in [0.2, 0.25) is 5.88 Å². The summed E-state index contributed by atoms with van der Waals surface area (Å²) >= 11 is 0. The lowest BCUT2D eigenvalue weighted by molar-refractivity contribution is -0.119. The molecule has 4 rings (SSSR count). The number of ketones is 1. The fourth-order valence-electron chi connectivity index (χ4n) is 4.14. The normalized spacial score (nSPS) is 20.3. The summed E-state index contributed by atoms with van der Waals surface area (Å²) < 4.78 is 11.7. The number of hydrogen-bond acceptors (Lipinski definition) is 5. The van der Waals surface area contributed by atoms with E-state index in [9.17, 15) is 10.1 Å². The Balaban J connectivity index is 1.70. The first-order valence-corrected chi connectivity index (χ1v) is 9.98. The minimum absolute atomic E-state index is 0.00195. The second-order valence-electron chi connectivity index (χ2n) is 8.55. The van der Waals surface area contributed by atoms with Gasteiger partial charge in [-0.25, -0.2) is 0 Å². The number of carbonyl (C=O) groups is 1. The van der Waals surface area contributed by atoms with Crippen molar-refractivity contribution in [3.63, 3.8) is 0 Å². The van der Waals surface area contributed by atoms with E-state index in [4.69, 9.17) is 15.2 Å². The number of rotatable bonds is 4. The molecule has 0 saturated heterocycles. The van der Waals surface area contributed by atoms with Crippen molar-refractivity contribution in [2.24, 2.45) is 11.1 Å². The van der Waals surface area contributed by atoms with Crippen LogP contribution in [0.3, 0.4) is 0 Å². The molecule has 1 heterocycles. The minimum atomic E-state index is -0.539. The number of nitrogens with two attached hydrogens (primary N) is 1. The fraction of sp³-hybridized carbons (Fsp3) is 0.280. The monoisotopic (exact) mass is 400 g/mol. The smallest absolute Gasteiger partial charge is 0.205 e. The highest BCUT2D eigenvalue weighted by Crippen LogP contribution is 2.48. The largest absolute Gasteiger partial charge is 0.489 e. The Bertz CT molecular complexity index is 1090.